The molecular formula is C60H71FN8O9S. The summed E-state index contributed by atoms with van der Waals surface area (Å²) >= 11 is 0. The highest BCUT2D eigenvalue weighted by Crippen LogP contribution is 2.54. The zero-order chi connectivity index (χ0) is 55.6. The molecule has 17 nitrogen and oxygen atoms in total. The van der Waals surface area contributed by atoms with E-state index in [1.54, 1.807) is 26.2 Å². The van der Waals surface area contributed by atoms with E-state index in [1.165, 1.54) is 58.9 Å². The molecule has 2 saturated heterocycles. The minimum absolute atomic E-state index is 0.0140. The van der Waals surface area contributed by atoms with E-state index in [2.05, 4.69) is 98.8 Å². The summed E-state index contributed by atoms with van der Waals surface area (Å²) in [6, 6.07) is 23.8. The maximum atomic E-state index is 14.8. The molecule has 11 rings (SSSR count). The number of ether oxygens (including phenoxy) is 3. The number of nitrogens with one attached hydrogen (secondary N) is 3. The van der Waals surface area contributed by atoms with Crippen LogP contribution in [0, 0.1) is 27.3 Å². The minimum Gasteiger partial charge on any atom is -0.493 e. The van der Waals surface area contributed by atoms with Crippen LogP contribution < -0.4 is 29.1 Å². The number of sulfonamides is 1. The van der Waals surface area contributed by atoms with Gasteiger partial charge >= 0.3 is 0 Å². The van der Waals surface area contributed by atoms with Gasteiger partial charge < -0.3 is 34.5 Å². The largest absolute Gasteiger partial charge is 0.493 e. The van der Waals surface area contributed by atoms with Crippen molar-refractivity contribution in [2.24, 2.45) is 11.3 Å². The molecule has 5 heterocycles. The number of hydrogen-bond donors (Lipinski definition) is 4. The van der Waals surface area contributed by atoms with Crippen molar-refractivity contribution in [3.63, 3.8) is 0 Å². The molecule has 2 aliphatic carbocycles. The van der Waals surface area contributed by atoms with E-state index in [1.807, 2.05) is 0 Å². The molecule has 4 aromatic carbocycles. The zero-order valence-electron chi connectivity index (χ0n) is 45.8. The maximum absolute atomic E-state index is 14.8. The number of aryl methyl sites for hydroxylation is 1. The summed E-state index contributed by atoms with van der Waals surface area (Å²) < 4.78 is 63.2. The Hall–Kier alpha value is -6.80. The van der Waals surface area contributed by atoms with E-state index in [4.69, 9.17) is 14.2 Å². The molecular weight excluding hydrogens is 1030 g/mol. The smallest absolute Gasteiger partial charge is 0.293 e. The first kappa shape index (κ1) is 54.2. The van der Waals surface area contributed by atoms with Crippen molar-refractivity contribution in [3.05, 3.63) is 135 Å². The third-order valence-electron chi connectivity index (χ3n) is 17.3. The first-order valence-electron chi connectivity index (χ1n) is 27.6. The molecule has 2 aromatic heterocycles. The fraction of sp³-hybridized carbons (Fsp3) is 0.467. The van der Waals surface area contributed by atoms with Gasteiger partial charge in [0.2, 0.25) is 0 Å². The summed E-state index contributed by atoms with van der Waals surface area (Å²) in [7, 11) is -2.93. The van der Waals surface area contributed by atoms with Crippen molar-refractivity contribution < 1.29 is 41.8 Å². The lowest BCUT2D eigenvalue weighted by Gasteiger charge is -2.63. The lowest BCUT2D eigenvalue weighted by Crippen LogP contribution is -2.68. The summed E-state index contributed by atoms with van der Waals surface area (Å²) in [6.45, 7) is 16.1. The lowest BCUT2D eigenvalue weighted by atomic mass is 9.59. The average molecular weight is 1100 g/mol. The van der Waals surface area contributed by atoms with Gasteiger partial charge in [-0.2, -0.15) is 0 Å². The second-order valence-electron chi connectivity index (χ2n) is 24.0. The van der Waals surface area contributed by atoms with E-state index < -0.39 is 42.9 Å². The fourth-order valence-electron chi connectivity index (χ4n) is 12.8. The number of aromatic nitrogens is 2. The quantitative estimate of drug-likeness (QED) is 0.0526. The molecule has 19 heteroatoms. The van der Waals surface area contributed by atoms with Crippen LogP contribution in [0.25, 0.3) is 11.0 Å². The van der Waals surface area contributed by atoms with Gasteiger partial charge in [0.1, 0.15) is 34.3 Å². The van der Waals surface area contributed by atoms with Crippen LogP contribution in [0.4, 0.5) is 21.5 Å². The van der Waals surface area contributed by atoms with E-state index >= 15 is 0 Å². The van der Waals surface area contributed by atoms with E-state index in [0.29, 0.717) is 37.0 Å². The Labute approximate surface area is 461 Å². The monoisotopic (exact) mass is 1100 g/mol. The number of hydrogen-bond acceptors (Lipinski definition) is 14. The third-order valence-corrected chi connectivity index (χ3v) is 18.6. The number of piperazine rings is 1. The molecule has 4 N–H and O–H groups in total. The number of carbonyl (C=O) groups excluding carboxylic acids is 1. The lowest BCUT2D eigenvalue weighted by molar-refractivity contribution is -0.384. The Morgan fingerprint density at radius 2 is 1.77 bits per heavy atom. The molecule has 1 amide bonds. The van der Waals surface area contributed by atoms with Gasteiger partial charge in [-0.25, -0.2) is 22.5 Å². The van der Waals surface area contributed by atoms with Crippen molar-refractivity contribution in [3.8, 4) is 23.0 Å². The predicted octanol–water partition coefficient (Wildman–Crippen LogP) is 10.6. The standard InChI is InChI=1S/C60H71FN8O9S/c1-37(2)45-9-7-8-10-46(45)52-34-66(33-39-23-40-17-18-58(3,4)78-55(40)54(24-39)76-6)21-22-68(52)42-28-60(29-42)35-67(36-60)41-11-13-47(53(25-41)77-43-26-48-49(61)32-64-56(48)63-31-43)57(70)65-79(74,75)44-12-14-50(51(27-44)69(72)73)62-30-38-15-19-59(5,71)20-16-38/h7-14,23-27,31-32,37-38,42,52,62,71H,15-22,28-30,33-36H2,1-6H3,(H,63,64)(H,65,70)/t38?,52-,59?/m0/s1. The van der Waals surface area contributed by atoms with Crippen molar-refractivity contribution in [1.29, 1.82) is 0 Å². The molecule has 0 bridgehead atoms. The van der Waals surface area contributed by atoms with Crippen LogP contribution in [0.15, 0.2) is 96.2 Å². The fourth-order valence-corrected chi connectivity index (χ4v) is 13.8. The van der Waals surface area contributed by atoms with Crippen molar-refractivity contribution in [2.75, 3.05) is 56.6 Å². The van der Waals surface area contributed by atoms with Crippen LogP contribution in [0.1, 0.15) is 124 Å². The number of pyridine rings is 1. The van der Waals surface area contributed by atoms with Gasteiger partial charge in [-0.15, -0.1) is 0 Å². The molecule has 0 radical (unpaired) electrons. The molecule has 1 atom stereocenters. The Morgan fingerprint density at radius 3 is 2.52 bits per heavy atom. The first-order chi connectivity index (χ1) is 37.6. The topological polar surface area (TPSA) is 205 Å². The van der Waals surface area contributed by atoms with E-state index in [0.717, 1.165) is 101 Å². The number of aromatic amines is 1. The minimum atomic E-state index is -4.65. The Kier molecular flexibility index (Phi) is 14.4. The van der Waals surface area contributed by atoms with E-state index in [9.17, 15) is 32.8 Å². The van der Waals surface area contributed by atoms with Crippen molar-refractivity contribution in [1.82, 2.24) is 24.5 Å². The van der Waals surface area contributed by atoms with Gasteiger partial charge in [-0.1, -0.05) is 44.2 Å². The van der Waals surface area contributed by atoms with Crippen molar-refractivity contribution >= 4 is 44.0 Å². The van der Waals surface area contributed by atoms with Gasteiger partial charge in [0.15, 0.2) is 11.5 Å². The Balaban J connectivity index is 0.794. The van der Waals surface area contributed by atoms with Crippen LogP contribution in [-0.4, -0.2) is 108 Å². The normalized spacial score (nSPS) is 22.2. The predicted molar refractivity (Wildman–Crippen MR) is 300 cm³/mol. The van der Waals surface area contributed by atoms with Gasteiger partial charge in [-0.05, 0) is 143 Å². The number of amides is 1. The molecule has 4 fully saturated rings. The average Bonchev–Trinajstić information content (AvgIpc) is 3.78. The van der Waals surface area contributed by atoms with Crippen molar-refractivity contribution in [2.45, 2.75) is 127 Å². The number of benzene rings is 4. The summed E-state index contributed by atoms with van der Waals surface area (Å²) in [5, 5.41) is 25.9. The number of methoxy groups -OCH3 is 1. The molecule has 6 aromatic rings. The number of anilines is 2. The maximum Gasteiger partial charge on any atom is 0.293 e. The molecule has 79 heavy (non-hydrogen) atoms. The molecule has 5 aliphatic rings. The number of rotatable bonds is 16. The van der Waals surface area contributed by atoms with Crippen LogP contribution in [0.3, 0.4) is 0 Å². The number of carbonyl (C=O) groups is 1. The summed E-state index contributed by atoms with van der Waals surface area (Å²) in [5.41, 5.74) is 4.90. The number of nitro benzene ring substituents is 1. The second-order valence-corrected chi connectivity index (χ2v) is 25.7. The molecule has 0 unspecified atom stereocenters. The summed E-state index contributed by atoms with van der Waals surface area (Å²) in [6.07, 6.45) is 9.23. The molecule has 418 valence electrons. The highest BCUT2D eigenvalue weighted by molar-refractivity contribution is 7.90. The second kappa shape index (κ2) is 21.0. The molecule has 1 spiro atoms. The highest BCUT2D eigenvalue weighted by Gasteiger charge is 2.55. The van der Waals surface area contributed by atoms with Gasteiger partial charge in [-0.3, -0.25) is 24.7 Å². The summed E-state index contributed by atoms with van der Waals surface area (Å²) in [5.74, 6) is 0.753. The van der Waals surface area contributed by atoms with Crippen LogP contribution in [0.2, 0.25) is 0 Å². The molecule has 2 saturated carbocycles. The number of halogens is 1. The first-order valence-corrected chi connectivity index (χ1v) is 29.1. The number of nitrogens with zero attached hydrogens (tertiary/aromatic N) is 5. The Bertz CT molecular complexity index is 3400. The third kappa shape index (κ3) is 11.2. The summed E-state index contributed by atoms with van der Waals surface area (Å²) in [4.78, 5) is 39.9. The van der Waals surface area contributed by atoms with Crippen LogP contribution in [0.5, 0.6) is 23.0 Å². The van der Waals surface area contributed by atoms with Gasteiger partial charge in [0.25, 0.3) is 21.6 Å². The van der Waals surface area contributed by atoms with Gasteiger partial charge in [0.05, 0.1) is 39.7 Å². The number of fused-ring (bicyclic) bond motifs is 2. The SMILES string of the molecule is COc1cc(CN2CCN(C3CC4(C3)CN(c3ccc(C(=O)NS(=O)(=O)c5ccc(NCC6CCC(C)(O)CC6)c([N+](=O)[O-])c5)c(Oc5cnc6[nH]cc(F)c6c5)c3)C4)[C@H](c3ccccc3C(C)C)C2)cc2c1OC(C)(C)CC2. The molecule has 3 aliphatic heterocycles. The number of nitro groups is 1. The van der Waals surface area contributed by atoms with Gasteiger partial charge in [0, 0.05) is 87.3 Å². The van der Waals surface area contributed by atoms with E-state index in [-0.39, 0.29) is 51.1 Å². The Morgan fingerprint density at radius 1 is 1.00 bits per heavy atom. The number of H-pyrrole nitrogens is 1. The van der Waals surface area contributed by atoms with Crippen LogP contribution in [-0.2, 0) is 23.0 Å². The van der Waals surface area contributed by atoms with Crippen LogP contribution >= 0.6 is 0 Å². The zero-order valence-corrected chi connectivity index (χ0v) is 46.6. The highest BCUT2D eigenvalue weighted by atomic mass is 32.2. The number of aliphatic hydroxyl groups is 1.